The van der Waals surface area contributed by atoms with Gasteiger partial charge in [-0.1, -0.05) is 6.07 Å². The number of ether oxygens (including phenoxy) is 1. The second-order valence-electron chi connectivity index (χ2n) is 7.08. The topological polar surface area (TPSA) is 106 Å². The molecule has 0 radical (unpaired) electrons. The number of aromatic nitrogens is 3. The standard InChI is InChI=1S/C19H20N4O4/c1-11-9-15(17(24)25)23(22-11)13-6-5-12-7-8-20-16(14(12)10-13)21-18(26)27-19(2,3)4/h5-10H,1-4H3,(H,24,25)(H,20,21,26). The van der Waals surface area contributed by atoms with E-state index in [2.05, 4.69) is 15.4 Å². The van der Waals surface area contributed by atoms with E-state index in [4.69, 9.17) is 4.74 Å². The quantitative estimate of drug-likeness (QED) is 0.729. The molecule has 27 heavy (non-hydrogen) atoms. The molecule has 140 valence electrons. The van der Waals surface area contributed by atoms with Crippen LogP contribution in [0.5, 0.6) is 0 Å². The molecule has 0 aliphatic carbocycles. The van der Waals surface area contributed by atoms with Crippen molar-refractivity contribution < 1.29 is 19.4 Å². The number of carboxylic acids is 1. The van der Waals surface area contributed by atoms with Gasteiger partial charge in [0.1, 0.15) is 11.4 Å². The molecule has 0 unspecified atom stereocenters. The monoisotopic (exact) mass is 368 g/mol. The maximum absolute atomic E-state index is 12.1. The Labute approximate surface area is 155 Å². The van der Waals surface area contributed by atoms with Crippen LogP contribution in [-0.4, -0.2) is 37.5 Å². The molecule has 3 rings (SSSR count). The van der Waals surface area contributed by atoms with Crippen LogP contribution in [0.4, 0.5) is 10.6 Å². The van der Waals surface area contributed by atoms with Crippen LogP contribution in [0.25, 0.3) is 16.5 Å². The number of nitrogens with one attached hydrogen (secondary N) is 1. The van der Waals surface area contributed by atoms with Crippen LogP contribution in [0.1, 0.15) is 37.0 Å². The number of anilines is 1. The highest BCUT2D eigenvalue weighted by atomic mass is 16.6. The summed E-state index contributed by atoms with van der Waals surface area (Å²) in [5, 5.41) is 17.8. The Morgan fingerprint density at radius 3 is 2.59 bits per heavy atom. The molecule has 0 atom stereocenters. The second kappa shape index (κ2) is 6.71. The van der Waals surface area contributed by atoms with Crippen molar-refractivity contribution in [2.45, 2.75) is 33.3 Å². The van der Waals surface area contributed by atoms with Gasteiger partial charge in [-0.15, -0.1) is 0 Å². The van der Waals surface area contributed by atoms with Crippen molar-refractivity contribution in [3.8, 4) is 5.69 Å². The molecule has 3 aromatic rings. The van der Waals surface area contributed by atoms with Crippen LogP contribution in [0.15, 0.2) is 36.5 Å². The second-order valence-corrected chi connectivity index (χ2v) is 7.08. The molecule has 0 aliphatic heterocycles. The van der Waals surface area contributed by atoms with Crippen molar-refractivity contribution in [3.05, 3.63) is 47.9 Å². The average Bonchev–Trinajstić information content (AvgIpc) is 2.95. The highest BCUT2D eigenvalue weighted by Crippen LogP contribution is 2.25. The lowest BCUT2D eigenvalue weighted by Gasteiger charge is -2.19. The summed E-state index contributed by atoms with van der Waals surface area (Å²) in [6.07, 6.45) is 0.962. The molecule has 8 nitrogen and oxygen atoms in total. The van der Waals surface area contributed by atoms with Crippen molar-refractivity contribution in [1.29, 1.82) is 0 Å². The Morgan fingerprint density at radius 2 is 1.93 bits per heavy atom. The molecular formula is C19H20N4O4. The molecule has 0 saturated heterocycles. The Balaban J connectivity index is 2.05. The number of pyridine rings is 1. The van der Waals surface area contributed by atoms with Gasteiger partial charge in [-0.3, -0.25) is 5.32 Å². The number of aryl methyl sites for hydroxylation is 1. The summed E-state index contributed by atoms with van der Waals surface area (Å²) in [6, 6.07) is 8.60. The zero-order valence-electron chi connectivity index (χ0n) is 15.5. The van der Waals surface area contributed by atoms with Gasteiger partial charge >= 0.3 is 12.1 Å². The molecule has 8 heteroatoms. The predicted octanol–water partition coefficient (Wildman–Crippen LogP) is 3.77. The van der Waals surface area contributed by atoms with Crippen molar-refractivity contribution in [2.24, 2.45) is 0 Å². The highest BCUT2D eigenvalue weighted by Gasteiger charge is 2.18. The van der Waals surface area contributed by atoms with E-state index in [1.165, 1.54) is 10.7 Å². The molecule has 0 bridgehead atoms. The number of rotatable bonds is 3. The van der Waals surface area contributed by atoms with Gasteiger partial charge < -0.3 is 9.84 Å². The fourth-order valence-electron chi connectivity index (χ4n) is 2.64. The Bertz CT molecular complexity index is 1030. The minimum absolute atomic E-state index is 0.0531. The third-order valence-electron chi connectivity index (χ3n) is 3.66. The number of amides is 1. The van der Waals surface area contributed by atoms with Gasteiger partial charge in [-0.2, -0.15) is 5.10 Å². The van der Waals surface area contributed by atoms with Gasteiger partial charge in [0.05, 0.1) is 11.4 Å². The fraction of sp³-hybridized carbons (Fsp3) is 0.263. The van der Waals surface area contributed by atoms with E-state index in [1.54, 1.807) is 52.1 Å². The Morgan fingerprint density at radius 1 is 1.19 bits per heavy atom. The van der Waals surface area contributed by atoms with E-state index in [-0.39, 0.29) is 5.69 Å². The molecule has 0 spiro atoms. The Hall–Kier alpha value is -3.42. The highest BCUT2D eigenvalue weighted by molar-refractivity contribution is 5.99. The fourth-order valence-corrected chi connectivity index (χ4v) is 2.64. The molecule has 2 aromatic heterocycles. The third-order valence-corrected chi connectivity index (χ3v) is 3.66. The third kappa shape index (κ3) is 4.05. The van der Waals surface area contributed by atoms with Gasteiger partial charge in [-0.05, 0) is 57.3 Å². The normalized spacial score (nSPS) is 11.4. The number of hydrogen-bond donors (Lipinski definition) is 2. The number of nitrogens with zero attached hydrogens (tertiary/aromatic N) is 3. The summed E-state index contributed by atoms with van der Waals surface area (Å²) < 4.78 is 6.62. The SMILES string of the molecule is Cc1cc(C(=O)O)n(-c2ccc3ccnc(NC(=O)OC(C)(C)C)c3c2)n1. The van der Waals surface area contributed by atoms with Crippen LogP contribution in [0, 0.1) is 6.92 Å². The van der Waals surface area contributed by atoms with E-state index < -0.39 is 17.7 Å². The van der Waals surface area contributed by atoms with E-state index in [9.17, 15) is 14.7 Å². The van der Waals surface area contributed by atoms with Crippen molar-refractivity contribution in [1.82, 2.24) is 14.8 Å². The molecule has 0 aliphatic rings. The molecule has 1 aromatic carbocycles. The molecule has 2 N–H and O–H groups in total. The van der Waals surface area contributed by atoms with Gasteiger partial charge in [0, 0.05) is 11.6 Å². The molecule has 1 amide bonds. The summed E-state index contributed by atoms with van der Waals surface area (Å²) >= 11 is 0. The van der Waals surface area contributed by atoms with Crippen molar-refractivity contribution in [2.75, 3.05) is 5.32 Å². The van der Waals surface area contributed by atoms with Crippen molar-refractivity contribution >= 4 is 28.7 Å². The summed E-state index contributed by atoms with van der Waals surface area (Å²) in [5.41, 5.74) is 0.555. The number of benzene rings is 1. The first kappa shape index (κ1) is 18.4. The maximum atomic E-state index is 12.1. The van der Waals surface area contributed by atoms with E-state index in [1.807, 2.05) is 6.07 Å². The molecule has 2 heterocycles. The lowest BCUT2D eigenvalue weighted by Crippen LogP contribution is -2.27. The van der Waals surface area contributed by atoms with Crippen LogP contribution >= 0.6 is 0 Å². The number of hydrogen-bond acceptors (Lipinski definition) is 5. The Kier molecular flexibility index (Phi) is 4.57. The largest absolute Gasteiger partial charge is 0.477 e. The molecular weight excluding hydrogens is 348 g/mol. The number of fused-ring (bicyclic) bond motifs is 1. The lowest BCUT2D eigenvalue weighted by molar-refractivity contribution is 0.0633. The van der Waals surface area contributed by atoms with Crippen LogP contribution in [-0.2, 0) is 4.74 Å². The summed E-state index contributed by atoms with van der Waals surface area (Å²) in [7, 11) is 0. The minimum Gasteiger partial charge on any atom is -0.477 e. The van der Waals surface area contributed by atoms with Crippen LogP contribution in [0.3, 0.4) is 0 Å². The zero-order valence-corrected chi connectivity index (χ0v) is 15.5. The summed E-state index contributed by atoms with van der Waals surface area (Å²) in [4.78, 5) is 27.8. The lowest BCUT2D eigenvalue weighted by atomic mass is 10.1. The number of aromatic carboxylic acids is 1. The average molecular weight is 368 g/mol. The van der Waals surface area contributed by atoms with Crippen LogP contribution < -0.4 is 5.32 Å². The number of carbonyl (C=O) groups is 2. The van der Waals surface area contributed by atoms with Crippen LogP contribution in [0.2, 0.25) is 0 Å². The molecule has 0 saturated carbocycles. The van der Waals surface area contributed by atoms with E-state index in [0.717, 1.165) is 5.39 Å². The first-order valence-corrected chi connectivity index (χ1v) is 8.33. The number of carbonyl (C=O) groups excluding carboxylic acids is 1. The van der Waals surface area contributed by atoms with Crippen molar-refractivity contribution in [3.63, 3.8) is 0 Å². The summed E-state index contributed by atoms with van der Waals surface area (Å²) in [6.45, 7) is 7.04. The zero-order chi connectivity index (χ0) is 19.8. The first-order valence-electron chi connectivity index (χ1n) is 8.33. The predicted molar refractivity (Wildman–Crippen MR) is 100 cm³/mol. The van der Waals surface area contributed by atoms with E-state index in [0.29, 0.717) is 22.6 Å². The van der Waals surface area contributed by atoms with Gasteiger partial charge in [-0.25, -0.2) is 19.3 Å². The van der Waals surface area contributed by atoms with Gasteiger partial charge in [0.15, 0.2) is 5.69 Å². The minimum atomic E-state index is -1.08. The maximum Gasteiger partial charge on any atom is 0.413 e. The summed E-state index contributed by atoms with van der Waals surface area (Å²) in [5.74, 6) is -0.752. The van der Waals surface area contributed by atoms with Gasteiger partial charge in [0.2, 0.25) is 0 Å². The van der Waals surface area contributed by atoms with E-state index >= 15 is 0 Å². The smallest absolute Gasteiger partial charge is 0.413 e. The first-order chi connectivity index (χ1) is 12.6. The van der Waals surface area contributed by atoms with Gasteiger partial charge in [0.25, 0.3) is 0 Å². The number of carboxylic acid groups (broad SMARTS) is 1. The molecule has 0 fully saturated rings.